The lowest BCUT2D eigenvalue weighted by Crippen LogP contribution is -2.59. The van der Waals surface area contributed by atoms with E-state index in [4.69, 9.17) is 9.47 Å². The molecule has 2 aliphatic rings. The highest BCUT2D eigenvalue weighted by atomic mass is 16.5. The second-order valence-corrected chi connectivity index (χ2v) is 7.87. The molecule has 8 heteroatoms. The Labute approximate surface area is 168 Å². The van der Waals surface area contributed by atoms with Crippen LogP contribution in [0.5, 0.6) is 0 Å². The highest BCUT2D eigenvalue weighted by Gasteiger charge is 2.42. The van der Waals surface area contributed by atoms with Crippen LogP contribution in [0.2, 0.25) is 0 Å². The number of ether oxygens (including phenoxy) is 2. The van der Waals surface area contributed by atoms with Gasteiger partial charge in [-0.3, -0.25) is 14.8 Å². The molecule has 1 unspecified atom stereocenters. The molecule has 8 nitrogen and oxygen atoms in total. The standard InChI is InChI=1S/C21H25N5O3/c27-20(19-11-16-3-1-2-4-18(16)23-19)26-8-10-29-21(14-26)13-25(7-9-28-15-21)12-17-5-6-22-24-17/h1-6,11,23H,7-10,12-15H2,(H,22,24). The van der Waals surface area contributed by atoms with E-state index < -0.39 is 5.60 Å². The van der Waals surface area contributed by atoms with Crippen LogP contribution in [0.25, 0.3) is 10.9 Å². The number of fused-ring (bicyclic) bond motifs is 1. The normalized spacial score (nSPS) is 23.5. The molecule has 0 saturated carbocycles. The quantitative estimate of drug-likeness (QED) is 0.704. The van der Waals surface area contributed by atoms with Crippen LogP contribution < -0.4 is 0 Å². The predicted molar refractivity (Wildman–Crippen MR) is 108 cm³/mol. The van der Waals surface area contributed by atoms with Gasteiger partial charge in [-0.2, -0.15) is 5.10 Å². The summed E-state index contributed by atoms with van der Waals surface area (Å²) in [5, 5.41) is 8.09. The lowest BCUT2D eigenvalue weighted by molar-refractivity contribution is -0.133. The molecular weight excluding hydrogens is 370 g/mol. The number of aromatic nitrogens is 3. The second-order valence-electron chi connectivity index (χ2n) is 7.87. The van der Waals surface area contributed by atoms with Crippen molar-refractivity contribution in [2.24, 2.45) is 0 Å². The third kappa shape index (κ3) is 3.78. The van der Waals surface area contributed by atoms with Gasteiger partial charge in [0.2, 0.25) is 0 Å². The average molecular weight is 395 g/mol. The van der Waals surface area contributed by atoms with Gasteiger partial charge in [-0.15, -0.1) is 0 Å². The van der Waals surface area contributed by atoms with Crippen molar-refractivity contribution in [3.63, 3.8) is 0 Å². The number of carbonyl (C=O) groups excluding carboxylic acids is 1. The van der Waals surface area contributed by atoms with Crippen molar-refractivity contribution in [1.29, 1.82) is 0 Å². The number of aromatic amines is 2. The fraction of sp³-hybridized carbons (Fsp3) is 0.429. The molecule has 2 aliphatic heterocycles. The number of para-hydroxylation sites is 1. The van der Waals surface area contributed by atoms with Crippen molar-refractivity contribution in [2.45, 2.75) is 12.1 Å². The van der Waals surface area contributed by atoms with Crippen LogP contribution in [0.1, 0.15) is 16.2 Å². The summed E-state index contributed by atoms with van der Waals surface area (Å²) in [4.78, 5) is 20.6. The maximum atomic E-state index is 13.2. The van der Waals surface area contributed by atoms with Crippen molar-refractivity contribution in [3.05, 3.63) is 54.0 Å². The van der Waals surface area contributed by atoms with E-state index in [1.54, 1.807) is 6.20 Å². The number of morpholine rings is 1. The van der Waals surface area contributed by atoms with E-state index in [9.17, 15) is 4.79 Å². The number of carbonyl (C=O) groups is 1. The number of rotatable bonds is 3. The first-order valence-corrected chi connectivity index (χ1v) is 10.0. The first-order valence-electron chi connectivity index (χ1n) is 10.0. The van der Waals surface area contributed by atoms with Crippen LogP contribution in [0.3, 0.4) is 0 Å². The van der Waals surface area contributed by atoms with E-state index in [0.29, 0.717) is 45.1 Å². The van der Waals surface area contributed by atoms with E-state index in [0.717, 1.165) is 29.7 Å². The molecule has 1 amide bonds. The fourth-order valence-electron chi connectivity index (χ4n) is 4.29. The Morgan fingerprint density at radius 3 is 2.97 bits per heavy atom. The molecule has 1 atom stereocenters. The van der Waals surface area contributed by atoms with Gasteiger partial charge >= 0.3 is 0 Å². The minimum absolute atomic E-state index is 0.00763. The van der Waals surface area contributed by atoms with Gasteiger partial charge < -0.3 is 19.4 Å². The molecule has 1 aromatic carbocycles. The number of benzene rings is 1. The lowest BCUT2D eigenvalue weighted by atomic mass is 10.0. The smallest absolute Gasteiger partial charge is 0.270 e. The van der Waals surface area contributed by atoms with Gasteiger partial charge in [-0.25, -0.2) is 0 Å². The summed E-state index contributed by atoms with van der Waals surface area (Å²) < 4.78 is 12.1. The molecule has 0 radical (unpaired) electrons. The van der Waals surface area contributed by atoms with Crippen LogP contribution >= 0.6 is 0 Å². The summed E-state index contributed by atoms with van der Waals surface area (Å²) in [6.45, 7) is 5.02. The largest absolute Gasteiger partial charge is 0.377 e. The summed E-state index contributed by atoms with van der Waals surface area (Å²) in [7, 11) is 0. The van der Waals surface area contributed by atoms with Crippen LogP contribution in [0, 0.1) is 0 Å². The number of H-pyrrole nitrogens is 2. The predicted octanol–water partition coefficient (Wildman–Crippen LogP) is 1.63. The Bertz CT molecular complexity index is 952. The Morgan fingerprint density at radius 2 is 2.10 bits per heavy atom. The van der Waals surface area contributed by atoms with Gasteiger partial charge in [-0.1, -0.05) is 18.2 Å². The van der Waals surface area contributed by atoms with Crippen molar-refractivity contribution in [1.82, 2.24) is 25.0 Å². The average Bonchev–Trinajstić information content (AvgIpc) is 3.36. The molecule has 2 saturated heterocycles. The lowest BCUT2D eigenvalue weighted by Gasteiger charge is -2.43. The van der Waals surface area contributed by atoms with Crippen molar-refractivity contribution < 1.29 is 14.3 Å². The third-order valence-electron chi connectivity index (χ3n) is 5.68. The molecule has 0 aliphatic carbocycles. The Kier molecular flexibility index (Phi) is 4.83. The first kappa shape index (κ1) is 18.4. The number of nitrogens with zero attached hydrogens (tertiary/aromatic N) is 3. The van der Waals surface area contributed by atoms with Gasteiger partial charge in [0.15, 0.2) is 0 Å². The summed E-state index contributed by atoms with van der Waals surface area (Å²) in [5.41, 5.74) is 2.13. The highest BCUT2D eigenvalue weighted by molar-refractivity contribution is 5.98. The van der Waals surface area contributed by atoms with Gasteiger partial charge in [-0.05, 0) is 18.2 Å². The molecule has 2 N–H and O–H groups in total. The number of hydrogen-bond acceptors (Lipinski definition) is 5. The number of nitrogens with one attached hydrogen (secondary N) is 2. The summed E-state index contributed by atoms with van der Waals surface area (Å²) in [5.74, 6) is 0.00763. The third-order valence-corrected chi connectivity index (χ3v) is 5.68. The van der Waals surface area contributed by atoms with E-state index in [1.165, 1.54) is 0 Å². The number of amides is 1. The monoisotopic (exact) mass is 395 g/mol. The molecule has 3 aromatic rings. The zero-order chi connectivity index (χ0) is 19.7. The van der Waals surface area contributed by atoms with Gasteiger partial charge in [0, 0.05) is 49.0 Å². The van der Waals surface area contributed by atoms with Crippen molar-refractivity contribution in [3.8, 4) is 0 Å². The Hall–Kier alpha value is -2.68. The van der Waals surface area contributed by atoms with Crippen LogP contribution in [0.15, 0.2) is 42.6 Å². The fourth-order valence-corrected chi connectivity index (χ4v) is 4.29. The molecule has 5 rings (SSSR count). The van der Waals surface area contributed by atoms with Crippen molar-refractivity contribution >= 4 is 16.8 Å². The molecule has 1 spiro atoms. The van der Waals surface area contributed by atoms with Crippen molar-refractivity contribution in [2.75, 3.05) is 46.0 Å². The summed E-state index contributed by atoms with van der Waals surface area (Å²) in [6.07, 6.45) is 1.76. The maximum absolute atomic E-state index is 13.2. The molecule has 0 bridgehead atoms. The van der Waals surface area contributed by atoms with E-state index in [1.807, 2.05) is 41.3 Å². The zero-order valence-corrected chi connectivity index (χ0v) is 16.3. The van der Waals surface area contributed by atoms with E-state index in [2.05, 4.69) is 20.1 Å². The molecule has 152 valence electrons. The SMILES string of the molecule is O=C(c1cc2ccccc2[nH]1)N1CCOC2(COCCN(Cc3ccn[nH]3)C2)C1. The van der Waals surface area contributed by atoms with Crippen LogP contribution in [-0.2, 0) is 16.0 Å². The minimum atomic E-state index is -0.517. The van der Waals surface area contributed by atoms with Crippen LogP contribution in [0.4, 0.5) is 0 Å². The minimum Gasteiger partial charge on any atom is -0.377 e. The number of hydrogen-bond donors (Lipinski definition) is 2. The second kappa shape index (κ2) is 7.62. The van der Waals surface area contributed by atoms with Gasteiger partial charge in [0.05, 0.1) is 26.4 Å². The molecule has 2 aromatic heterocycles. The summed E-state index contributed by atoms with van der Waals surface area (Å²) in [6, 6.07) is 11.8. The summed E-state index contributed by atoms with van der Waals surface area (Å²) >= 11 is 0. The van der Waals surface area contributed by atoms with Gasteiger partial charge in [0.25, 0.3) is 5.91 Å². The molecule has 29 heavy (non-hydrogen) atoms. The van der Waals surface area contributed by atoms with Gasteiger partial charge in [0.1, 0.15) is 11.3 Å². The maximum Gasteiger partial charge on any atom is 0.270 e. The molecular formula is C21H25N5O3. The topological polar surface area (TPSA) is 86.5 Å². The van der Waals surface area contributed by atoms with E-state index in [-0.39, 0.29) is 5.91 Å². The highest BCUT2D eigenvalue weighted by Crippen LogP contribution is 2.25. The van der Waals surface area contributed by atoms with Crippen LogP contribution in [-0.4, -0.2) is 82.5 Å². The first-order chi connectivity index (χ1) is 14.2. The molecule has 4 heterocycles. The molecule has 2 fully saturated rings. The Morgan fingerprint density at radius 1 is 1.17 bits per heavy atom. The van der Waals surface area contributed by atoms with E-state index >= 15 is 0 Å². The Balaban J connectivity index is 1.33. The zero-order valence-electron chi connectivity index (χ0n) is 16.3.